The van der Waals surface area contributed by atoms with E-state index in [1.807, 2.05) is 6.92 Å². The van der Waals surface area contributed by atoms with Crippen LogP contribution < -0.4 is 5.56 Å². The van der Waals surface area contributed by atoms with Crippen LogP contribution in [0.1, 0.15) is 31.5 Å². The quantitative estimate of drug-likeness (QED) is 0.707. The minimum absolute atomic E-state index is 0.0651. The molecule has 0 radical (unpaired) electrons. The average Bonchev–Trinajstić information content (AvgIpc) is 3.12. The van der Waals surface area contributed by atoms with Gasteiger partial charge in [-0.1, -0.05) is 30.4 Å². The van der Waals surface area contributed by atoms with Crippen molar-refractivity contribution in [3.63, 3.8) is 0 Å². The number of aromatic nitrogens is 3. The minimum Gasteiger partial charge on any atom is -0.289 e. The van der Waals surface area contributed by atoms with E-state index < -0.39 is 23.0 Å². The van der Waals surface area contributed by atoms with Crippen LogP contribution in [0.15, 0.2) is 34.1 Å². The van der Waals surface area contributed by atoms with Crippen LogP contribution in [0.2, 0.25) is 0 Å². The Bertz CT molecular complexity index is 964. The lowest BCUT2D eigenvalue weighted by Crippen LogP contribution is -2.20. The first-order valence-corrected chi connectivity index (χ1v) is 8.44. The maximum absolute atomic E-state index is 13.4. The van der Waals surface area contributed by atoms with Crippen molar-refractivity contribution >= 4 is 27.3 Å². The first kappa shape index (κ1) is 17.4. The highest BCUT2D eigenvalue weighted by Crippen LogP contribution is 2.31. The minimum atomic E-state index is -4.70. The summed E-state index contributed by atoms with van der Waals surface area (Å²) >= 11 is 1.14. The highest BCUT2D eigenvalue weighted by molar-refractivity contribution is 7.20. The number of halogens is 3. The number of para-hydroxylation sites is 1. The van der Waals surface area contributed by atoms with E-state index in [-0.39, 0.29) is 10.8 Å². The normalized spacial score (nSPS) is 12.9. The maximum Gasteiger partial charge on any atom is 0.433 e. The van der Waals surface area contributed by atoms with Gasteiger partial charge < -0.3 is 0 Å². The van der Waals surface area contributed by atoms with E-state index >= 15 is 0 Å². The molecule has 0 bridgehead atoms. The van der Waals surface area contributed by atoms with Crippen LogP contribution in [0.4, 0.5) is 13.2 Å². The second-order valence-corrected chi connectivity index (χ2v) is 6.44. The van der Waals surface area contributed by atoms with Gasteiger partial charge in [0.1, 0.15) is 0 Å². The summed E-state index contributed by atoms with van der Waals surface area (Å²) in [5.74, 6) is 0. The monoisotopic (exact) mass is 368 g/mol. The lowest BCUT2D eigenvalue weighted by atomic mass is 10.1. The van der Waals surface area contributed by atoms with Gasteiger partial charge in [0.15, 0.2) is 5.69 Å². The van der Waals surface area contributed by atoms with E-state index in [9.17, 15) is 18.0 Å². The number of aromatic amines is 1. The zero-order chi connectivity index (χ0) is 18.2. The number of H-pyrrole nitrogens is 1. The first-order valence-electron chi connectivity index (χ1n) is 7.62. The van der Waals surface area contributed by atoms with Gasteiger partial charge in [-0.3, -0.25) is 14.9 Å². The third-order valence-corrected chi connectivity index (χ3v) is 4.60. The standard InChI is InChI=1S/C16H15F3N4OS/c1-3-8-20-9(2)12-13(16(17,18)19)22-23(14(12)24)15-21-10-6-4-5-7-11(10)25-15/h4-7,22H,3,8H2,1-2H3. The van der Waals surface area contributed by atoms with Crippen LogP contribution >= 0.6 is 11.3 Å². The number of nitrogens with zero attached hydrogens (tertiary/aromatic N) is 3. The third-order valence-electron chi connectivity index (χ3n) is 3.58. The summed E-state index contributed by atoms with van der Waals surface area (Å²) in [6.07, 6.45) is -4.02. The van der Waals surface area contributed by atoms with Gasteiger partial charge in [-0.2, -0.15) is 17.9 Å². The summed E-state index contributed by atoms with van der Waals surface area (Å²) in [5, 5.41) is 2.33. The molecular weight excluding hydrogens is 353 g/mol. The molecule has 5 nitrogen and oxygen atoms in total. The molecule has 0 aliphatic rings. The molecule has 0 aliphatic carbocycles. The molecule has 0 spiro atoms. The molecule has 2 aromatic heterocycles. The van der Waals surface area contributed by atoms with Crippen LogP contribution in [-0.4, -0.2) is 27.0 Å². The van der Waals surface area contributed by atoms with Crippen LogP contribution in [0, 0.1) is 0 Å². The molecular formula is C16H15F3N4OS. The number of nitrogens with one attached hydrogen (secondary N) is 1. The van der Waals surface area contributed by atoms with Crippen LogP contribution in [0.3, 0.4) is 0 Å². The van der Waals surface area contributed by atoms with Crippen molar-refractivity contribution in [2.24, 2.45) is 4.99 Å². The van der Waals surface area contributed by atoms with Gasteiger partial charge in [-0.25, -0.2) is 4.98 Å². The smallest absolute Gasteiger partial charge is 0.289 e. The van der Waals surface area contributed by atoms with E-state index in [0.29, 0.717) is 18.5 Å². The summed E-state index contributed by atoms with van der Waals surface area (Å²) < 4.78 is 41.8. The fourth-order valence-corrected chi connectivity index (χ4v) is 3.35. The van der Waals surface area contributed by atoms with Crippen molar-refractivity contribution in [2.75, 3.05) is 6.54 Å². The van der Waals surface area contributed by atoms with Gasteiger partial charge in [-0.05, 0) is 25.5 Å². The zero-order valence-corrected chi connectivity index (χ0v) is 14.3. The van der Waals surface area contributed by atoms with Crippen molar-refractivity contribution in [2.45, 2.75) is 26.4 Å². The van der Waals surface area contributed by atoms with Gasteiger partial charge in [0.2, 0.25) is 5.13 Å². The van der Waals surface area contributed by atoms with Crippen molar-refractivity contribution < 1.29 is 13.2 Å². The molecule has 3 rings (SSSR count). The molecule has 0 atom stereocenters. The molecule has 0 fully saturated rings. The molecule has 132 valence electrons. The predicted molar refractivity (Wildman–Crippen MR) is 91.9 cm³/mol. The summed E-state index contributed by atoms with van der Waals surface area (Å²) in [5.41, 5.74) is -1.68. The molecule has 25 heavy (non-hydrogen) atoms. The van der Waals surface area contributed by atoms with E-state index in [2.05, 4.69) is 15.1 Å². The fraction of sp³-hybridized carbons (Fsp3) is 0.312. The highest BCUT2D eigenvalue weighted by atomic mass is 32.1. The average molecular weight is 368 g/mol. The Morgan fingerprint density at radius 1 is 1.36 bits per heavy atom. The second-order valence-electron chi connectivity index (χ2n) is 5.43. The first-order chi connectivity index (χ1) is 11.8. The maximum atomic E-state index is 13.4. The lowest BCUT2D eigenvalue weighted by molar-refractivity contribution is -0.141. The van der Waals surface area contributed by atoms with Gasteiger partial charge in [0.25, 0.3) is 5.56 Å². The van der Waals surface area contributed by atoms with E-state index in [0.717, 1.165) is 20.7 Å². The van der Waals surface area contributed by atoms with Crippen LogP contribution in [-0.2, 0) is 6.18 Å². The topological polar surface area (TPSA) is 63.0 Å². The largest absolute Gasteiger partial charge is 0.433 e. The van der Waals surface area contributed by atoms with Crippen molar-refractivity contribution in [1.82, 2.24) is 14.8 Å². The Labute approximate surface area is 144 Å². The predicted octanol–water partition coefficient (Wildman–Crippen LogP) is 4.01. The Morgan fingerprint density at radius 2 is 2.08 bits per heavy atom. The number of thiazole rings is 1. The molecule has 0 aliphatic heterocycles. The number of fused-ring (bicyclic) bond motifs is 1. The molecule has 0 unspecified atom stereocenters. The fourth-order valence-electron chi connectivity index (χ4n) is 2.43. The highest BCUT2D eigenvalue weighted by Gasteiger charge is 2.39. The molecule has 2 heterocycles. The molecule has 0 saturated carbocycles. The summed E-state index contributed by atoms with van der Waals surface area (Å²) in [6.45, 7) is 3.63. The number of rotatable bonds is 4. The molecule has 0 saturated heterocycles. The number of aliphatic imine (C=N–C) groups is 1. The van der Waals surface area contributed by atoms with E-state index in [1.54, 1.807) is 24.3 Å². The van der Waals surface area contributed by atoms with E-state index in [4.69, 9.17) is 0 Å². The van der Waals surface area contributed by atoms with Gasteiger partial charge >= 0.3 is 6.18 Å². The van der Waals surface area contributed by atoms with Crippen molar-refractivity contribution in [1.29, 1.82) is 0 Å². The Morgan fingerprint density at radius 3 is 2.72 bits per heavy atom. The van der Waals surface area contributed by atoms with E-state index in [1.165, 1.54) is 6.92 Å². The molecule has 1 aromatic carbocycles. The Kier molecular flexibility index (Phi) is 4.51. The third kappa shape index (κ3) is 3.23. The van der Waals surface area contributed by atoms with Crippen molar-refractivity contribution in [3.8, 4) is 5.13 Å². The summed E-state index contributed by atoms with van der Waals surface area (Å²) in [7, 11) is 0. The zero-order valence-electron chi connectivity index (χ0n) is 13.5. The van der Waals surface area contributed by atoms with Crippen LogP contribution in [0.5, 0.6) is 0 Å². The number of hydrogen-bond donors (Lipinski definition) is 1. The second kappa shape index (κ2) is 6.47. The van der Waals surface area contributed by atoms with Gasteiger partial charge in [0, 0.05) is 12.3 Å². The number of hydrogen-bond acceptors (Lipinski definition) is 4. The number of benzene rings is 1. The Hall–Kier alpha value is -2.42. The van der Waals surface area contributed by atoms with Crippen molar-refractivity contribution in [3.05, 3.63) is 45.9 Å². The molecule has 0 amide bonds. The Balaban J connectivity index is 2.21. The molecule has 1 N–H and O–H groups in total. The SMILES string of the molecule is CCCN=C(C)c1c(C(F)(F)F)[nH]n(-c2nc3ccccc3s2)c1=O. The summed E-state index contributed by atoms with van der Waals surface area (Å²) in [6, 6.07) is 7.11. The molecule has 3 aromatic rings. The molecule has 9 heteroatoms. The van der Waals surface area contributed by atoms with Gasteiger partial charge in [0.05, 0.1) is 15.8 Å². The van der Waals surface area contributed by atoms with Crippen LogP contribution in [0.25, 0.3) is 15.3 Å². The lowest BCUT2D eigenvalue weighted by Gasteiger charge is -2.06. The summed E-state index contributed by atoms with van der Waals surface area (Å²) in [4.78, 5) is 20.9. The van der Waals surface area contributed by atoms with Gasteiger partial charge in [-0.15, -0.1) is 0 Å². The number of alkyl halides is 3.